The van der Waals surface area contributed by atoms with Crippen LogP contribution in [0, 0.1) is 13.8 Å². The highest BCUT2D eigenvalue weighted by Gasteiger charge is 2.21. The van der Waals surface area contributed by atoms with E-state index in [1.807, 2.05) is 12.1 Å². The molecule has 5 nitrogen and oxygen atoms in total. The Kier molecular flexibility index (Phi) is 3.73. The molecule has 5 heteroatoms. The molecule has 27 heavy (non-hydrogen) atoms. The van der Waals surface area contributed by atoms with Crippen LogP contribution in [0.15, 0.2) is 48.5 Å². The summed E-state index contributed by atoms with van der Waals surface area (Å²) in [4.78, 5) is 0. The number of hydrogen-bond acceptors (Lipinski definition) is 5. The molecule has 0 heterocycles. The molecule has 0 aromatic heterocycles. The largest absolute Gasteiger partial charge is 0.504 e. The molecule has 136 valence electrons. The molecule has 4 rings (SSSR count). The van der Waals surface area contributed by atoms with Crippen molar-refractivity contribution in [3.8, 4) is 34.5 Å². The SMILES string of the molecule is Cc1c(O)c(O)c2ccccc2c1Oc1c(C)c(O)c(O)c2ccccc12. The zero-order valence-corrected chi connectivity index (χ0v) is 14.8. The zero-order chi connectivity index (χ0) is 19.3. The highest BCUT2D eigenvalue weighted by Crippen LogP contribution is 2.49. The molecule has 0 bridgehead atoms. The maximum absolute atomic E-state index is 10.3. The van der Waals surface area contributed by atoms with Crippen LogP contribution >= 0.6 is 0 Å². The lowest BCUT2D eigenvalue weighted by atomic mass is 10.0. The number of rotatable bonds is 2. The fourth-order valence-corrected chi connectivity index (χ4v) is 3.37. The molecule has 0 aliphatic rings. The van der Waals surface area contributed by atoms with Crippen molar-refractivity contribution in [3.63, 3.8) is 0 Å². The van der Waals surface area contributed by atoms with E-state index in [1.54, 1.807) is 50.2 Å². The van der Waals surface area contributed by atoms with E-state index < -0.39 is 0 Å². The summed E-state index contributed by atoms with van der Waals surface area (Å²) < 4.78 is 6.20. The van der Waals surface area contributed by atoms with Gasteiger partial charge in [0.15, 0.2) is 23.0 Å². The first-order valence-corrected chi connectivity index (χ1v) is 8.46. The van der Waals surface area contributed by atoms with Gasteiger partial charge in [-0.2, -0.15) is 0 Å². The van der Waals surface area contributed by atoms with Crippen LogP contribution in [0.2, 0.25) is 0 Å². The van der Waals surface area contributed by atoms with E-state index in [-0.39, 0.29) is 23.0 Å². The number of fused-ring (bicyclic) bond motifs is 2. The minimum Gasteiger partial charge on any atom is -0.504 e. The van der Waals surface area contributed by atoms with Crippen LogP contribution in [0.5, 0.6) is 34.5 Å². The van der Waals surface area contributed by atoms with E-state index in [1.165, 1.54) is 0 Å². The smallest absolute Gasteiger partial charge is 0.165 e. The monoisotopic (exact) mass is 362 g/mol. The van der Waals surface area contributed by atoms with E-state index in [0.29, 0.717) is 44.2 Å². The van der Waals surface area contributed by atoms with Crippen LogP contribution in [0.25, 0.3) is 21.5 Å². The molecule has 0 unspecified atom stereocenters. The fraction of sp³-hybridized carbons (Fsp3) is 0.0909. The highest BCUT2D eigenvalue weighted by atomic mass is 16.5. The molecule has 0 saturated carbocycles. The Hall–Kier alpha value is -3.60. The van der Waals surface area contributed by atoms with Crippen LogP contribution in [-0.4, -0.2) is 20.4 Å². The van der Waals surface area contributed by atoms with E-state index in [9.17, 15) is 20.4 Å². The standard InChI is InChI=1S/C22H18O5/c1-11-17(23)19(25)13-7-3-5-9-15(13)21(11)27-22-12(2)18(24)20(26)14-8-4-6-10-16(14)22/h3-10,23-26H,1-2H3. The van der Waals surface area contributed by atoms with Crippen molar-refractivity contribution >= 4 is 21.5 Å². The summed E-state index contributed by atoms with van der Waals surface area (Å²) in [5.41, 5.74) is 0.754. The number of benzene rings is 4. The van der Waals surface area contributed by atoms with Crippen LogP contribution in [-0.2, 0) is 0 Å². The number of aromatic hydroxyl groups is 4. The lowest BCUT2D eigenvalue weighted by Gasteiger charge is -2.19. The van der Waals surface area contributed by atoms with Crippen LogP contribution in [0.3, 0.4) is 0 Å². The molecule has 4 aromatic rings. The molecule has 0 aliphatic carbocycles. The van der Waals surface area contributed by atoms with Crippen LogP contribution in [0.4, 0.5) is 0 Å². The average molecular weight is 362 g/mol. The van der Waals surface area contributed by atoms with Crippen molar-refractivity contribution in [3.05, 3.63) is 59.7 Å². The summed E-state index contributed by atoms with van der Waals surface area (Å²) >= 11 is 0. The first-order valence-electron chi connectivity index (χ1n) is 8.46. The molecule has 0 amide bonds. The van der Waals surface area contributed by atoms with Gasteiger partial charge in [-0.15, -0.1) is 0 Å². The van der Waals surface area contributed by atoms with Gasteiger partial charge in [-0.1, -0.05) is 48.5 Å². The Morgan fingerprint density at radius 3 is 1.22 bits per heavy atom. The number of phenolic OH excluding ortho intramolecular Hbond substituents is 4. The van der Waals surface area contributed by atoms with E-state index in [4.69, 9.17) is 4.74 Å². The van der Waals surface area contributed by atoms with Gasteiger partial charge in [-0.05, 0) is 13.8 Å². The lowest BCUT2D eigenvalue weighted by Crippen LogP contribution is -1.95. The molecule has 0 spiro atoms. The molecular weight excluding hydrogens is 344 g/mol. The van der Waals surface area contributed by atoms with E-state index in [0.717, 1.165) is 0 Å². The Morgan fingerprint density at radius 1 is 0.519 bits per heavy atom. The Bertz CT molecular complexity index is 1120. The first kappa shape index (κ1) is 16.8. The minimum atomic E-state index is -0.256. The van der Waals surface area contributed by atoms with Crippen molar-refractivity contribution in [2.75, 3.05) is 0 Å². The van der Waals surface area contributed by atoms with Gasteiger partial charge in [0.1, 0.15) is 11.5 Å². The molecule has 0 fully saturated rings. The van der Waals surface area contributed by atoms with Crippen molar-refractivity contribution in [1.82, 2.24) is 0 Å². The quantitative estimate of drug-likeness (QED) is 0.367. The predicted molar refractivity (Wildman–Crippen MR) is 104 cm³/mol. The Labute approximate surface area is 155 Å². The Balaban J connectivity index is 2.05. The Morgan fingerprint density at radius 2 is 0.852 bits per heavy atom. The number of phenols is 4. The van der Waals surface area contributed by atoms with Crippen molar-refractivity contribution < 1.29 is 25.2 Å². The molecular formula is C22H18O5. The summed E-state index contributed by atoms with van der Waals surface area (Å²) in [7, 11) is 0. The molecule has 4 N–H and O–H groups in total. The summed E-state index contributed by atoms with van der Waals surface area (Å²) in [6, 6.07) is 14.1. The van der Waals surface area contributed by atoms with Gasteiger partial charge in [0, 0.05) is 32.7 Å². The van der Waals surface area contributed by atoms with Crippen molar-refractivity contribution in [1.29, 1.82) is 0 Å². The van der Waals surface area contributed by atoms with Crippen molar-refractivity contribution in [2.45, 2.75) is 13.8 Å². The minimum absolute atomic E-state index is 0.203. The normalized spacial score (nSPS) is 11.2. The van der Waals surface area contributed by atoms with Gasteiger partial charge in [0.2, 0.25) is 0 Å². The van der Waals surface area contributed by atoms with Gasteiger partial charge in [-0.25, -0.2) is 0 Å². The van der Waals surface area contributed by atoms with Gasteiger partial charge >= 0.3 is 0 Å². The summed E-state index contributed by atoms with van der Waals surface area (Å²) in [5, 5.41) is 43.3. The maximum Gasteiger partial charge on any atom is 0.165 e. The third kappa shape index (κ3) is 2.39. The molecule has 0 radical (unpaired) electrons. The second-order valence-electron chi connectivity index (χ2n) is 6.50. The second-order valence-corrected chi connectivity index (χ2v) is 6.50. The highest BCUT2D eigenvalue weighted by molar-refractivity contribution is 5.99. The maximum atomic E-state index is 10.3. The topological polar surface area (TPSA) is 90.2 Å². The second kappa shape index (κ2) is 5.99. The summed E-state index contributed by atoms with van der Waals surface area (Å²) in [6.45, 7) is 3.29. The first-order chi connectivity index (χ1) is 12.9. The zero-order valence-electron chi connectivity index (χ0n) is 14.8. The lowest BCUT2D eigenvalue weighted by molar-refractivity contribution is 0.394. The third-order valence-electron chi connectivity index (χ3n) is 4.90. The molecule has 0 saturated heterocycles. The van der Waals surface area contributed by atoms with Gasteiger partial charge in [0.05, 0.1) is 0 Å². The fourth-order valence-electron chi connectivity index (χ4n) is 3.37. The number of ether oxygens (including phenoxy) is 1. The van der Waals surface area contributed by atoms with Gasteiger partial charge in [-0.3, -0.25) is 0 Å². The van der Waals surface area contributed by atoms with E-state index >= 15 is 0 Å². The third-order valence-corrected chi connectivity index (χ3v) is 4.90. The van der Waals surface area contributed by atoms with Crippen LogP contribution < -0.4 is 4.74 Å². The molecule has 0 atom stereocenters. The van der Waals surface area contributed by atoms with Crippen molar-refractivity contribution in [2.24, 2.45) is 0 Å². The van der Waals surface area contributed by atoms with Gasteiger partial charge < -0.3 is 25.2 Å². The average Bonchev–Trinajstić information content (AvgIpc) is 2.70. The predicted octanol–water partition coefficient (Wildman–Crippen LogP) is 5.22. The summed E-state index contributed by atoms with van der Waals surface area (Å²) in [5.74, 6) is -0.169. The molecule has 4 aromatic carbocycles. The number of hydrogen-bond donors (Lipinski definition) is 4. The summed E-state index contributed by atoms with van der Waals surface area (Å²) in [6.07, 6.45) is 0. The molecule has 0 aliphatic heterocycles. The van der Waals surface area contributed by atoms with Gasteiger partial charge in [0.25, 0.3) is 0 Å². The van der Waals surface area contributed by atoms with Crippen LogP contribution in [0.1, 0.15) is 11.1 Å². The van der Waals surface area contributed by atoms with E-state index in [2.05, 4.69) is 0 Å².